The monoisotopic (exact) mass is 118 g/mol. The molecule has 0 rings (SSSR count). The van der Waals surface area contributed by atoms with Gasteiger partial charge in [0.15, 0.2) is 0 Å². The molecule has 0 aromatic rings. The molecule has 8 heavy (non-hydrogen) atoms. The first-order valence-electron chi connectivity index (χ1n) is 2.55. The molecule has 0 bridgehead atoms. The topological polar surface area (TPSA) is 38.4 Å². The summed E-state index contributed by atoms with van der Waals surface area (Å²) in [5.74, 6) is 0.0833. The normalized spacial score (nSPS) is 12.8. The van der Waals surface area contributed by atoms with Crippen molar-refractivity contribution < 1.29 is 4.39 Å². The van der Waals surface area contributed by atoms with Crippen LogP contribution in [0.1, 0.15) is 13.8 Å². The van der Waals surface area contributed by atoms with Crippen LogP contribution in [0.2, 0.25) is 0 Å². The van der Waals surface area contributed by atoms with Crippen LogP contribution in [0, 0.1) is 0 Å². The maximum Gasteiger partial charge on any atom is 0.146 e. The zero-order valence-electron chi connectivity index (χ0n) is 5.19. The lowest BCUT2D eigenvalue weighted by atomic mass is 10.4. The molecular formula is C5H11FN2. The lowest BCUT2D eigenvalue weighted by molar-refractivity contribution is 0.575. The number of nitrogens with two attached hydrogens (primary N) is 1. The molecule has 0 saturated carbocycles. The molecule has 2 nitrogen and oxygen atoms in total. The van der Waals surface area contributed by atoms with E-state index in [0.29, 0.717) is 0 Å². The largest absolute Gasteiger partial charge is 0.385 e. The Morgan fingerprint density at radius 3 is 2.38 bits per heavy atom. The van der Waals surface area contributed by atoms with Crippen molar-refractivity contribution in [1.29, 1.82) is 0 Å². The van der Waals surface area contributed by atoms with Crippen LogP contribution in [0.3, 0.4) is 0 Å². The van der Waals surface area contributed by atoms with Crippen LogP contribution in [0.4, 0.5) is 4.39 Å². The number of rotatable bonds is 2. The number of hydrogen-bond donors (Lipinski definition) is 1. The molecule has 0 atom stereocenters. The summed E-state index contributed by atoms with van der Waals surface area (Å²) in [7, 11) is 0. The summed E-state index contributed by atoms with van der Waals surface area (Å²) in [5, 5.41) is 0. The molecule has 0 saturated heterocycles. The van der Waals surface area contributed by atoms with E-state index in [0.717, 1.165) is 0 Å². The minimum Gasteiger partial charge on any atom is -0.385 e. The van der Waals surface area contributed by atoms with Gasteiger partial charge in [-0.05, 0) is 13.8 Å². The number of halogens is 1. The fourth-order valence-electron chi connectivity index (χ4n) is 0.366. The zero-order valence-corrected chi connectivity index (χ0v) is 5.19. The number of amidine groups is 1. The first-order valence-corrected chi connectivity index (χ1v) is 2.55. The van der Waals surface area contributed by atoms with E-state index in [9.17, 15) is 4.39 Å². The molecule has 0 heterocycles. The summed E-state index contributed by atoms with van der Waals surface area (Å²) in [6, 6.07) is 0.103. The second-order valence-corrected chi connectivity index (χ2v) is 1.85. The van der Waals surface area contributed by atoms with E-state index in [-0.39, 0.29) is 11.9 Å². The molecule has 0 spiro atoms. The van der Waals surface area contributed by atoms with Crippen LogP contribution in [0.25, 0.3) is 0 Å². The van der Waals surface area contributed by atoms with Crippen LogP contribution >= 0.6 is 0 Å². The van der Waals surface area contributed by atoms with E-state index in [4.69, 9.17) is 5.73 Å². The smallest absolute Gasteiger partial charge is 0.146 e. The molecule has 2 N–H and O–H groups in total. The molecular weight excluding hydrogens is 107 g/mol. The van der Waals surface area contributed by atoms with Crippen LogP contribution in [0.5, 0.6) is 0 Å². The highest BCUT2D eigenvalue weighted by molar-refractivity contribution is 5.81. The number of nitrogens with zero attached hydrogens (tertiary/aromatic N) is 1. The van der Waals surface area contributed by atoms with Gasteiger partial charge in [-0.3, -0.25) is 4.99 Å². The summed E-state index contributed by atoms with van der Waals surface area (Å²) in [6.45, 7) is 3.06. The van der Waals surface area contributed by atoms with E-state index in [1.165, 1.54) is 0 Å². The molecule has 0 unspecified atom stereocenters. The quantitative estimate of drug-likeness (QED) is 0.421. The molecule has 0 amide bonds. The van der Waals surface area contributed by atoms with Crippen molar-refractivity contribution in [3.63, 3.8) is 0 Å². The molecule has 0 radical (unpaired) electrons. The van der Waals surface area contributed by atoms with Gasteiger partial charge in [-0.2, -0.15) is 0 Å². The van der Waals surface area contributed by atoms with Crippen LogP contribution in [-0.4, -0.2) is 18.6 Å². The van der Waals surface area contributed by atoms with E-state index in [1.54, 1.807) is 0 Å². The van der Waals surface area contributed by atoms with Gasteiger partial charge in [0, 0.05) is 6.04 Å². The van der Waals surface area contributed by atoms with Gasteiger partial charge < -0.3 is 5.73 Å². The summed E-state index contributed by atoms with van der Waals surface area (Å²) in [4.78, 5) is 3.72. The Hall–Kier alpha value is -0.600. The number of aliphatic imine (C=N–C) groups is 1. The van der Waals surface area contributed by atoms with Gasteiger partial charge in [-0.15, -0.1) is 0 Å². The van der Waals surface area contributed by atoms with Gasteiger partial charge in [0.25, 0.3) is 0 Å². The number of alkyl halides is 1. The third-order valence-electron chi connectivity index (χ3n) is 0.561. The van der Waals surface area contributed by atoms with Gasteiger partial charge in [0.2, 0.25) is 0 Å². The Labute approximate surface area is 48.6 Å². The Bertz CT molecular complexity index is 88.4. The second kappa shape index (κ2) is 3.41. The van der Waals surface area contributed by atoms with Crippen LogP contribution in [-0.2, 0) is 0 Å². The highest BCUT2D eigenvalue weighted by Gasteiger charge is 1.89. The highest BCUT2D eigenvalue weighted by atomic mass is 19.1. The van der Waals surface area contributed by atoms with Crippen molar-refractivity contribution in [3.05, 3.63) is 0 Å². The Morgan fingerprint density at radius 2 is 2.25 bits per heavy atom. The minimum atomic E-state index is -0.641. The van der Waals surface area contributed by atoms with E-state index < -0.39 is 6.67 Å². The van der Waals surface area contributed by atoms with Gasteiger partial charge in [-0.1, -0.05) is 0 Å². The Kier molecular flexibility index (Phi) is 3.15. The summed E-state index contributed by atoms with van der Waals surface area (Å²) >= 11 is 0. The van der Waals surface area contributed by atoms with E-state index in [2.05, 4.69) is 4.99 Å². The van der Waals surface area contributed by atoms with Crippen molar-refractivity contribution in [2.24, 2.45) is 10.7 Å². The van der Waals surface area contributed by atoms with Gasteiger partial charge in [-0.25, -0.2) is 4.39 Å². The third-order valence-corrected chi connectivity index (χ3v) is 0.561. The lowest BCUT2D eigenvalue weighted by Crippen LogP contribution is -2.15. The van der Waals surface area contributed by atoms with Gasteiger partial charge in [0.05, 0.1) is 0 Å². The molecule has 0 aliphatic rings. The predicted octanol–water partition coefficient (Wildman–Crippen LogP) is 0.722. The SMILES string of the molecule is CC(C)N=C(N)CF. The highest BCUT2D eigenvalue weighted by Crippen LogP contribution is 1.84. The standard InChI is InChI=1S/C5H11FN2/c1-4(2)8-5(7)3-6/h4H,3H2,1-2H3,(H2,7,8). The fourth-order valence-corrected chi connectivity index (χ4v) is 0.366. The zero-order chi connectivity index (χ0) is 6.57. The molecule has 0 aromatic carbocycles. The maximum atomic E-state index is 11.5. The molecule has 0 aliphatic heterocycles. The second-order valence-electron chi connectivity index (χ2n) is 1.85. The van der Waals surface area contributed by atoms with E-state index in [1.807, 2.05) is 13.8 Å². The Morgan fingerprint density at radius 1 is 1.75 bits per heavy atom. The van der Waals surface area contributed by atoms with Crippen molar-refractivity contribution >= 4 is 5.84 Å². The van der Waals surface area contributed by atoms with Crippen molar-refractivity contribution in [1.82, 2.24) is 0 Å². The number of hydrogen-bond acceptors (Lipinski definition) is 1. The molecule has 0 aliphatic carbocycles. The maximum absolute atomic E-state index is 11.5. The molecule has 3 heteroatoms. The average molecular weight is 118 g/mol. The molecule has 48 valence electrons. The summed E-state index contributed by atoms with van der Waals surface area (Å²) in [5.41, 5.74) is 5.05. The van der Waals surface area contributed by atoms with Crippen molar-refractivity contribution in [3.8, 4) is 0 Å². The fraction of sp³-hybridized carbons (Fsp3) is 0.800. The van der Waals surface area contributed by atoms with Crippen LogP contribution in [0.15, 0.2) is 4.99 Å². The average Bonchev–Trinajstić information content (AvgIpc) is 1.65. The lowest BCUT2D eigenvalue weighted by Gasteiger charge is -1.95. The van der Waals surface area contributed by atoms with Gasteiger partial charge >= 0.3 is 0 Å². The van der Waals surface area contributed by atoms with Crippen LogP contribution < -0.4 is 5.73 Å². The first-order chi connectivity index (χ1) is 3.66. The molecule has 0 aromatic heterocycles. The third kappa shape index (κ3) is 3.59. The summed E-state index contributed by atoms with van der Waals surface area (Å²) in [6.07, 6.45) is 0. The van der Waals surface area contributed by atoms with E-state index >= 15 is 0 Å². The van der Waals surface area contributed by atoms with Gasteiger partial charge in [0.1, 0.15) is 12.5 Å². The summed E-state index contributed by atoms with van der Waals surface area (Å²) < 4.78 is 11.5. The van der Waals surface area contributed by atoms with Crippen molar-refractivity contribution in [2.45, 2.75) is 19.9 Å². The predicted molar refractivity (Wildman–Crippen MR) is 32.7 cm³/mol. The Balaban J connectivity index is 3.56. The first kappa shape index (κ1) is 7.40. The molecule has 0 fully saturated rings. The minimum absolute atomic E-state index is 0.0833. The van der Waals surface area contributed by atoms with Crippen molar-refractivity contribution in [2.75, 3.05) is 6.67 Å².